The van der Waals surface area contributed by atoms with Crippen molar-refractivity contribution >= 4 is 11.6 Å². The van der Waals surface area contributed by atoms with Crippen LogP contribution in [0.4, 0.5) is 5.69 Å². The van der Waals surface area contributed by atoms with Crippen molar-refractivity contribution in [2.45, 2.75) is 52.6 Å². The standard InChI is InChI=1S/C19H27N5O/c1-13(2)23(4)16-8-7-14(3)12-15(16)19(25)20-10-9-18-22-21-17-6-5-11-24(17)18/h7-8,12-13H,5-6,9-11H2,1-4H3,(H,20,25). The molecule has 2 heterocycles. The number of nitrogens with zero attached hydrogens (tertiary/aromatic N) is 4. The van der Waals surface area contributed by atoms with Gasteiger partial charge in [-0.15, -0.1) is 10.2 Å². The van der Waals surface area contributed by atoms with E-state index in [0.717, 1.165) is 47.8 Å². The summed E-state index contributed by atoms with van der Waals surface area (Å²) < 4.78 is 2.18. The molecule has 0 unspecified atom stereocenters. The van der Waals surface area contributed by atoms with Gasteiger partial charge < -0.3 is 14.8 Å². The number of amides is 1. The molecule has 1 aliphatic rings. The molecule has 25 heavy (non-hydrogen) atoms. The predicted octanol–water partition coefficient (Wildman–Crippen LogP) is 2.35. The molecule has 1 N–H and O–H groups in total. The minimum atomic E-state index is -0.0349. The molecule has 134 valence electrons. The molecule has 3 rings (SSSR count). The molecule has 1 aromatic carbocycles. The number of carbonyl (C=O) groups excluding carboxylic acids is 1. The molecule has 0 saturated carbocycles. The Morgan fingerprint density at radius 1 is 1.36 bits per heavy atom. The summed E-state index contributed by atoms with van der Waals surface area (Å²) in [5.41, 5.74) is 2.77. The summed E-state index contributed by atoms with van der Waals surface area (Å²) in [5.74, 6) is 2.00. The maximum atomic E-state index is 12.7. The van der Waals surface area contributed by atoms with Gasteiger partial charge in [0.25, 0.3) is 5.91 Å². The Balaban J connectivity index is 1.67. The number of aryl methyl sites for hydroxylation is 2. The van der Waals surface area contributed by atoms with Crippen molar-refractivity contribution in [1.82, 2.24) is 20.1 Å². The molecule has 1 aliphatic heterocycles. The van der Waals surface area contributed by atoms with Crippen LogP contribution in [0.25, 0.3) is 0 Å². The number of benzene rings is 1. The lowest BCUT2D eigenvalue weighted by Crippen LogP contribution is -2.31. The molecule has 2 aromatic rings. The van der Waals surface area contributed by atoms with Gasteiger partial charge in [-0.05, 0) is 39.3 Å². The minimum absolute atomic E-state index is 0.0349. The van der Waals surface area contributed by atoms with Crippen LogP contribution in [0.15, 0.2) is 18.2 Å². The summed E-state index contributed by atoms with van der Waals surface area (Å²) in [6.07, 6.45) is 2.85. The van der Waals surface area contributed by atoms with Gasteiger partial charge in [-0.2, -0.15) is 0 Å². The van der Waals surface area contributed by atoms with Gasteiger partial charge >= 0.3 is 0 Å². The first kappa shape index (κ1) is 17.5. The molecule has 0 spiro atoms. The summed E-state index contributed by atoms with van der Waals surface area (Å²) in [6, 6.07) is 6.35. The van der Waals surface area contributed by atoms with E-state index >= 15 is 0 Å². The molecular weight excluding hydrogens is 314 g/mol. The van der Waals surface area contributed by atoms with Gasteiger partial charge in [0, 0.05) is 44.7 Å². The van der Waals surface area contributed by atoms with E-state index in [1.165, 1.54) is 0 Å². The predicted molar refractivity (Wildman–Crippen MR) is 99.1 cm³/mol. The molecular formula is C19H27N5O. The highest BCUT2D eigenvalue weighted by Gasteiger charge is 2.18. The number of anilines is 1. The van der Waals surface area contributed by atoms with E-state index in [9.17, 15) is 4.79 Å². The minimum Gasteiger partial charge on any atom is -0.372 e. The zero-order valence-electron chi connectivity index (χ0n) is 15.5. The van der Waals surface area contributed by atoms with E-state index in [1.54, 1.807) is 0 Å². The van der Waals surface area contributed by atoms with Gasteiger partial charge in [-0.3, -0.25) is 4.79 Å². The maximum absolute atomic E-state index is 12.7. The van der Waals surface area contributed by atoms with Crippen molar-refractivity contribution in [3.05, 3.63) is 41.0 Å². The van der Waals surface area contributed by atoms with Crippen molar-refractivity contribution < 1.29 is 4.79 Å². The summed E-state index contributed by atoms with van der Waals surface area (Å²) in [7, 11) is 2.02. The van der Waals surface area contributed by atoms with Crippen LogP contribution in [0.3, 0.4) is 0 Å². The van der Waals surface area contributed by atoms with Crippen LogP contribution in [0.5, 0.6) is 0 Å². The lowest BCUT2D eigenvalue weighted by atomic mass is 10.1. The molecule has 0 atom stereocenters. The van der Waals surface area contributed by atoms with E-state index in [4.69, 9.17) is 0 Å². The highest BCUT2D eigenvalue weighted by Crippen LogP contribution is 2.23. The number of hydrogen-bond acceptors (Lipinski definition) is 4. The monoisotopic (exact) mass is 341 g/mol. The van der Waals surface area contributed by atoms with E-state index < -0.39 is 0 Å². The fraction of sp³-hybridized carbons (Fsp3) is 0.526. The third-order valence-corrected chi connectivity index (χ3v) is 4.87. The van der Waals surface area contributed by atoms with Crippen molar-refractivity contribution in [3.63, 3.8) is 0 Å². The van der Waals surface area contributed by atoms with Crippen LogP contribution < -0.4 is 10.2 Å². The Morgan fingerprint density at radius 3 is 2.92 bits per heavy atom. The Labute approximate surface area is 149 Å². The van der Waals surface area contributed by atoms with Gasteiger partial charge in [0.2, 0.25) is 0 Å². The second-order valence-electron chi connectivity index (χ2n) is 7.02. The van der Waals surface area contributed by atoms with Crippen molar-refractivity contribution in [3.8, 4) is 0 Å². The van der Waals surface area contributed by atoms with Crippen LogP contribution in [0.2, 0.25) is 0 Å². The number of fused-ring (bicyclic) bond motifs is 1. The smallest absolute Gasteiger partial charge is 0.253 e. The van der Waals surface area contributed by atoms with Crippen LogP contribution in [-0.4, -0.2) is 40.3 Å². The van der Waals surface area contributed by atoms with Crippen LogP contribution in [0, 0.1) is 6.92 Å². The third kappa shape index (κ3) is 3.67. The van der Waals surface area contributed by atoms with Gasteiger partial charge in [-0.1, -0.05) is 11.6 Å². The first-order chi connectivity index (χ1) is 12.0. The van der Waals surface area contributed by atoms with Gasteiger partial charge in [0.1, 0.15) is 11.6 Å². The zero-order chi connectivity index (χ0) is 18.0. The second kappa shape index (κ2) is 7.25. The Hall–Kier alpha value is -2.37. The van der Waals surface area contributed by atoms with Gasteiger partial charge in [0.05, 0.1) is 5.56 Å². The molecule has 0 saturated heterocycles. The fourth-order valence-electron chi connectivity index (χ4n) is 3.20. The van der Waals surface area contributed by atoms with Gasteiger partial charge in [-0.25, -0.2) is 0 Å². The maximum Gasteiger partial charge on any atom is 0.253 e. The fourth-order valence-corrected chi connectivity index (χ4v) is 3.20. The molecule has 1 aromatic heterocycles. The van der Waals surface area contributed by atoms with E-state index in [2.05, 4.69) is 38.8 Å². The first-order valence-corrected chi connectivity index (χ1v) is 9.00. The van der Waals surface area contributed by atoms with Crippen LogP contribution in [-0.2, 0) is 19.4 Å². The molecule has 6 heteroatoms. The normalized spacial score (nSPS) is 13.2. The zero-order valence-corrected chi connectivity index (χ0v) is 15.5. The highest BCUT2D eigenvalue weighted by atomic mass is 16.1. The SMILES string of the molecule is Cc1ccc(N(C)C(C)C)c(C(=O)NCCc2nnc3n2CCC3)c1. The van der Waals surface area contributed by atoms with E-state index in [0.29, 0.717) is 19.0 Å². The third-order valence-electron chi connectivity index (χ3n) is 4.87. The molecule has 0 fully saturated rings. The first-order valence-electron chi connectivity index (χ1n) is 9.00. The number of nitrogens with one attached hydrogen (secondary N) is 1. The molecule has 0 aliphatic carbocycles. The summed E-state index contributed by atoms with van der Waals surface area (Å²) in [4.78, 5) is 14.9. The molecule has 0 radical (unpaired) electrons. The van der Waals surface area contributed by atoms with Crippen LogP contribution in [0.1, 0.15) is 47.8 Å². The Kier molecular flexibility index (Phi) is 5.06. The molecule has 1 amide bonds. The Bertz CT molecular complexity index is 765. The number of rotatable bonds is 6. The quantitative estimate of drug-likeness (QED) is 0.876. The highest BCUT2D eigenvalue weighted by molar-refractivity contribution is 6.00. The van der Waals surface area contributed by atoms with Crippen molar-refractivity contribution in [2.75, 3.05) is 18.5 Å². The van der Waals surface area contributed by atoms with Crippen molar-refractivity contribution in [2.24, 2.45) is 0 Å². The lowest BCUT2D eigenvalue weighted by molar-refractivity contribution is 0.0954. The van der Waals surface area contributed by atoms with Gasteiger partial charge in [0.15, 0.2) is 0 Å². The van der Waals surface area contributed by atoms with Crippen molar-refractivity contribution in [1.29, 1.82) is 0 Å². The number of aromatic nitrogens is 3. The second-order valence-corrected chi connectivity index (χ2v) is 7.02. The summed E-state index contributed by atoms with van der Waals surface area (Å²) in [6.45, 7) is 7.80. The molecule has 0 bridgehead atoms. The van der Waals surface area contributed by atoms with Crippen LogP contribution >= 0.6 is 0 Å². The van der Waals surface area contributed by atoms with E-state index in [-0.39, 0.29) is 5.91 Å². The topological polar surface area (TPSA) is 63.1 Å². The lowest BCUT2D eigenvalue weighted by Gasteiger charge is -2.26. The Morgan fingerprint density at radius 2 is 2.16 bits per heavy atom. The average Bonchev–Trinajstić information content (AvgIpc) is 3.18. The summed E-state index contributed by atoms with van der Waals surface area (Å²) in [5, 5.41) is 11.5. The largest absolute Gasteiger partial charge is 0.372 e. The summed E-state index contributed by atoms with van der Waals surface area (Å²) >= 11 is 0. The average molecular weight is 341 g/mol. The molecule has 6 nitrogen and oxygen atoms in total. The number of carbonyl (C=O) groups is 1. The number of hydrogen-bond donors (Lipinski definition) is 1. The van der Waals surface area contributed by atoms with E-state index in [1.807, 2.05) is 32.2 Å².